The van der Waals surface area contributed by atoms with Gasteiger partial charge in [0.1, 0.15) is 10.0 Å². The van der Waals surface area contributed by atoms with Crippen molar-refractivity contribution in [3.05, 3.63) is 44.9 Å². The fourth-order valence-electron chi connectivity index (χ4n) is 1.71. The Morgan fingerprint density at radius 3 is 2.53 bits per heavy atom. The van der Waals surface area contributed by atoms with E-state index in [1.807, 2.05) is 24.3 Å². The van der Waals surface area contributed by atoms with E-state index in [9.17, 15) is 0 Å². The number of benzene rings is 1. The zero-order chi connectivity index (χ0) is 13.7. The quantitative estimate of drug-likeness (QED) is 0.888. The lowest BCUT2D eigenvalue weighted by Crippen LogP contribution is -2.24. The van der Waals surface area contributed by atoms with Gasteiger partial charge >= 0.3 is 0 Å². The van der Waals surface area contributed by atoms with E-state index in [0.29, 0.717) is 6.04 Å². The lowest BCUT2D eigenvalue weighted by atomic mass is 10.2. The molecule has 1 heterocycles. The molecule has 102 valence electrons. The molecule has 1 aromatic heterocycles. The van der Waals surface area contributed by atoms with E-state index in [2.05, 4.69) is 29.4 Å². The third kappa shape index (κ3) is 4.90. The van der Waals surface area contributed by atoms with Gasteiger partial charge in [-0.2, -0.15) is 0 Å². The van der Waals surface area contributed by atoms with Crippen LogP contribution in [0.2, 0.25) is 5.02 Å². The number of halogens is 1. The zero-order valence-electron chi connectivity index (χ0n) is 11.2. The molecule has 0 radical (unpaired) electrons. The molecule has 0 aliphatic heterocycles. The summed E-state index contributed by atoms with van der Waals surface area (Å²) in [6.45, 7) is 5.24. The highest BCUT2D eigenvalue weighted by Gasteiger charge is 2.05. The van der Waals surface area contributed by atoms with Crippen LogP contribution in [0.15, 0.2) is 24.3 Å². The largest absolute Gasteiger partial charge is 0.314 e. The highest BCUT2D eigenvalue weighted by Crippen LogP contribution is 2.16. The Labute approximate surface area is 123 Å². The molecule has 2 aromatic rings. The second-order valence-corrected chi connectivity index (χ2v) is 6.33. The van der Waals surface area contributed by atoms with E-state index >= 15 is 0 Å². The molecule has 0 aliphatic carbocycles. The Morgan fingerprint density at radius 1 is 1.16 bits per heavy atom. The van der Waals surface area contributed by atoms with Crippen LogP contribution in [0.3, 0.4) is 0 Å². The fourth-order valence-corrected chi connectivity index (χ4v) is 2.71. The van der Waals surface area contributed by atoms with Crippen LogP contribution < -0.4 is 5.32 Å². The molecule has 0 saturated carbocycles. The van der Waals surface area contributed by atoms with Crippen molar-refractivity contribution in [1.82, 2.24) is 15.5 Å². The van der Waals surface area contributed by atoms with Gasteiger partial charge in [0, 0.05) is 30.5 Å². The first-order valence-corrected chi connectivity index (χ1v) is 7.62. The highest BCUT2D eigenvalue weighted by molar-refractivity contribution is 7.11. The van der Waals surface area contributed by atoms with Gasteiger partial charge in [0.2, 0.25) is 0 Å². The topological polar surface area (TPSA) is 37.8 Å². The maximum absolute atomic E-state index is 5.87. The number of hydrogen-bond donors (Lipinski definition) is 1. The zero-order valence-corrected chi connectivity index (χ0v) is 12.8. The molecule has 0 unspecified atom stereocenters. The maximum Gasteiger partial charge on any atom is 0.121 e. The normalized spacial score (nSPS) is 11.2. The van der Waals surface area contributed by atoms with Gasteiger partial charge in [-0.15, -0.1) is 21.5 Å². The van der Waals surface area contributed by atoms with Crippen molar-refractivity contribution in [2.24, 2.45) is 0 Å². The Balaban J connectivity index is 1.88. The van der Waals surface area contributed by atoms with Gasteiger partial charge in [-0.1, -0.05) is 37.6 Å². The van der Waals surface area contributed by atoms with Crippen LogP contribution in [0.4, 0.5) is 0 Å². The standard InChI is InChI=1S/C14H18ClN3S/c1-10(2)16-8-7-13-17-18-14(19-13)9-11-3-5-12(15)6-4-11/h3-6,10,16H,7-9H2,1-2H3. The lowest BCUT2D eigenvalue weighted by Gasteiger charge is -2.05. The minimum Gasteiger partial charge on any atom is -0.314 e. The van der Waals surface area contributed by atoms with Crippen molar-refractivity contribution in [3.8, 4) is 0 Å². The van der Waals surface area contributed by atoms with Crippen molar-refractivity contribution >= 4 is 22.9 Å². The molecule has 0 saturated heterocycles. The molecule has 0 amide bonds. The van der Waals surface area contributed by atoms with Crippen LogP contribution in [-0.2, 0) is 12.8 Å². The van der Waals surface area contributed by atoms with Gasteiger partial charge in [-0.05, 0) is 17.7 Å². The molecule has 0 aliphatic rings. The predicted molar refractivity (Wildman–Crippen MR) is 81.0 cm³/mol. The van der Waals surface area contributed by atoms with Crippen LogP contribution in [-0.4, -0.2) is 22.8 Å². The molecule has 2 rings (SSSR count). The highest BCUT2D eigenvalue weighted by atomic mass is 35.5. The first-order chi connectivity index (χ1) is 9.13. The van der Waals surface area contributed by atoms with Crippen LogP contribution in [0.25, 0.3) is 0 Å². The summed E-state index contributed by atoms with van der Waals surface area (Å²) in [6.07, 6.45) is 1.77. The van der Waals surface area contributed by atoms with E-state index < -0.39 is 0 Å². The molecular formula is C14H18ClN3S. The first-order valence-electron chi connectivity index (χ1n) is 6.42. The Bertz CT molecular complexity index is 508. The van der Waals surface area contributed by atoms with Gasteiger partial charge in [-0.25, -0.2) is 0 Å². The minimum atomic E-state index is 0.515. The first kappa shape index (κ1) is 14.4. The summed E-state index contributed by atoms with van der Waals surface area (Å²) < 4.78 is 0. The second kappa shape index (κ2) is 6.98. The summed E-state index contributed by atoms with van der Waals surface area (Å²) in [5.41, 5.74) is 1.22. The van der Waals surface area contributed by atoms with Crippen LogP contribution in [0.5, 0.6) is 0 Å². The molecule has 1 N–H and O–H groups in total. The molecule has 0 spiro atoms. The summed E-state index contributed by atoms with van der Waals surface area (Å²) >= 11 is 7.56. The van der Waals surface area contributed by atoms with Gasteiger partial charge in [0.25, 0.3) is 0 Å². The monoisotopic (exact) mass is 295 g/mol. The fraction of sp³-hybridized carbons (Fsp3) is 0.429. The van der Waals surface area contributed by atoms with Gasteiger partial charge in [-0.3, -0.25) is 0 Å². The Kier molecular flexibility index (Phi) is 5.31. The van der Waals surface area contributed by atoms with Crippen LogP contribution >= 0.6 is 22.9 Å². The van der Waals surface area contributed by atoms with Gasteiger partial charge in [0.05, 0.1) is 0 Å². The minimum absolute atomic E-state index is 0.515. The SMILES string of the molecule is CC(C)NCCc1nnc(Cc2ccc(Cl)cc2)s1. The van der Waals surface area contributed by atoms with Crippen molar-refractivity contribution in [2.45, 2.75) is 32.7 Å². The average Bonchev–Trinajstić information content (AvgIpc) is 2.79. The van der Waals surface area contributed by atoms with Gasteiger partial charge in [0.15, 0.2) is 0 Å². The van der Waals surface area contributed by atoms with E-state index in [1.165, 1.54) is 5.56 Å². The van der Waals surface area contributed by atoms with E-state index in [-0.39, 0.29) is 0 Å². The second-order valence-electron chi connectivity index (χ2n) is 4.75. The molecule has 5 heteroatoms. The number of aromatic nitrogens is 2. The Hall–Kier alpha value is -0.970. The average molecular weight is 296 g/mol. The molecular weight excluding hydrogens is 278 g/mol. The molecule has 3 nitrogen and oxygen atoms in total. The summed E-state index contributed by atoms with van der Waals surface area (Å²) in [4.78, 5) is 0. The molecule has 0 bridgehead atoms. The van der Waals surface area contributed by atoms with E-state index in [1.54, 1.807) is 11.3 Å². The molecule has 1 aromatic carbocycles. The van der Waals surface area contributed by atoms with Crippen molar-refractivity contribution in [2.75, 3.05) is 6.54 Å². The van der Waals surface area contributed by atoms with Crippen LogP contribution in [0, 0.1) is 0 Å². The van der Waals surface area contributed by atoms with E-state index in [0.717, 1.165) is 34.4 Å². The number of nitrogens with one attached hydrogen (secondary N) is 1. The van der Waals surface area contributed by atoms with Gasteiger partial charge < -0.3 is 5.32 Å². The smallest absolute Gasteiger partial charge is 0.121 e. The summed E-state index contributed by atoms with van der Waals surface area (Å²) in [5, 5.41) is 14.8. The summed E-state index contributed by atoms with van der Waals surface area (Å²) in [7, 11) is 0. The van der Waals surface area contributed by atoms with Crippen molar-refractivity contribution < 1.29 is 0 Å². The number of nitrogens with zero attached hydrogens (tertiary/aromatic N) is 2. The molecule has 19 heavy (non-hydrogen) atoms. The summed E-state index contributed by atoms with van der Waals surface area (Å²) in [5.74, 6) is 0. The lowest BCUT2D eigenvalue weighted by molar-refractivity contribution is 0.588. The third-order valence-electron chi connectivity index (χ3n) is 2.67. The maximum atomic E-state index is 5.87. The van der Waals surface area contributed by atoms with Crippen molar-refractivity contribution in [3.63, 3.8) is 0 Å². The molecule has 0 atom stereocenters. The third-order valence-corrected chi connectivity index (χ3v) is 3.90. The predicted octanol–water partition coefficient (Wildman–Crippen LogP) is 3.32. The van der Waals surface area contributed by atoms with Crippen LogP contribution in [0.1, 0.15) is 29.4 Å². The Morgan fingerprint density at radius 2 is 1.84 bits per heavy atom. The number of rotatable bonds is 6. The van der Waals surface area contributed by atoms with E-state index in [4.69, 9.17) is 11.6 Å². The molecule has 0 fully saturated rings. The van der Waals surface area contributed by atoms with Crippen molar-refractivity contribution in [1.29, 1.82) is 0 Å². The number of hydrogen-bond acceptors (Lipinski definition) is 4. The summed E-state index contributed by atoms with van der Waals surface area (Å²) in [6, 6.07) is 8.39.